The van der Waals surface area contributed by atoms with Crippen LogP contribution in [-0.2, 0) is 11.0 Å². The van der Waals surface area contributed by atoms with E-state index in [1.165, 1.54) is 6.92 Å². The Morgan fingerprint density at radius 3 is 2.57 bits per heavy atom. The number of carboxylic acids is 1. The zero-order chi connectivity index (χ0) is 17.4. The smallest absolute Gasteiger partial charge is 0.417 e. The molecule has 10 heteroatoms. The van der Waals surface area contributed by atoms with Crippen LogP contribution in [0.3, 0.4) is 0 Å². The highest BCUT2D eigenvalue weighted by Gasteiger charge is 2.32. The second kappa shape index (κ2) is 5.88. The lowest BCUT2D eigenvalue weighted by molar-refractivity contribution is -0.140. The molecule has 2 aromatic heterocycles. The average Bonchev–Trinajstić information content (AvgIpc) is 2.78. The first-order valence-corrected chi connectivity index (χ1v) is 6.35. The predicted octanol–water partition coefficient (Wildman–Crippen LogP) is 0.837. The molecule has 7 nitrogen and oxygen atoms in total. The second-order valence-corrected chi connectivity index (χ2v) is 4.74. The van der Waals surface area contributed by atoms with Gasteiger partial charge in [-0.15, -0.1) is 0 Å². The minimum atomic E-state index is -4.60. The number of alkyl halides is 3. The van der Waals surface area contributed by atoms with E-state index < -0.39 is 36.3 Å². The zero-order valence-corrected chi connectivity index (χ0v) is 11.8. The minimum Gasteiger partial charge on any atom is -0.480 e. The number of carbonyl (C=O) groups excluding carboxylic acids is 1. The molecule has 0 spiro atoms. The third kappa shape index (κ3) is 3.26. The number of carboxylic acid groups (broad SMARTS) is 1. The number of rotatable bonds is 4. The maximum atomic E-state index is 12.8. The van der Waals surface area contributed by atoms with E-state index in [1.54, 1.807) is 0 Å². The molecule has 0 aromatic carbocycles. The van der Waals surface area contributed by atoms with E-state index in [0.717, 1.165) is 16.5 Å². The van der Waals surface area contributed by atoms with Crippen LogP contribution in [0.2, 0.25) is 0 Å². The largest absolute Gasteiger partial charge is 0.480 e. The first-order chi connectivity index (χ1) is 10.6. The van der Waals surface area contributed by atoms with Gasteiger partial charge >= 0.3 is 12.1 Å². The summed E-state index contributed by atoms with van der Waals surface area (Å²) in [5, 5.41) is 19.7. The maximum Gasteiger partial charge on any atom is 0.417 e. The number of hydrogen-bond acceptors (Lipinski definition) is 4. The predicted molar refractivity (Wildman–Crippen MR) is 70.9 cm³/mol. The minimum absolute atomic E-state index is 0.108. The molecule has 1 unspecified atom stereocenters. The molecule has 3 N–H and O–H groups in total. The van der Waals surface area contributed by atoms with Crippen molar-refractivity contribution in [3.63, 3.8) is 0 Å². The van der Waals surface area contributed by atoms with Gasteiger partial charge in [0.25, 0.3) is 5.91 Å². The maximum absolute atomic E-state index is 12.8. The number of halogens is 3. The van der Waals surface area contributed by atoms with Crippen LogP contribution in [0.15, 0.2) is 18.3 Å². The summed E-state index contributed by atoms with van der Waals surface area (Å²) >= 11 is 0. The van der Waals surface area contributed by atoms with Crippen molar-refractivity contribution in [2.45, 2.75) is 19.1 Å². The highest BCUT2D eigenvalue weighted by molar-refractivity contribution is 5.97. The van der Waals surface area contributed by atoms with E-state index in [0.29, 0.717) is 6.20 Å². The Bertz CT molecular complexity index is 770. The average molecular weight is 331 g/mol. The molecule has 0 saturated heterocycles. The van der Waals surface area contributed by atoms with Gasteiger partial charge in [0.2, 0.25) is 0 Å². The van der Waals surface area contributed by atoms with Crippen LogP contribution in [0.1, 0.15) is 21.7 Å². The Labute approximate surface area is 127 Å². The number of imidazole rings is 1. The highest BCUT2D eigenvalue weighted by atomic mass is 19.4. The molecule has 1 amide bonds. The summed E-state index contributed by atoms with van der Waals surface area (Å²) in [6.07, 6.45) is -3.90. The molecular weight excluding hydrogens is 319 g/mol. The highest BCUT2D eigenvalue weighted by Crippen LogP contribution is 2.29. The number of hydrogen-bond donors (Lipinski definition) is 3. The summed E-state index contributed by atoms with van der Waals surface area (Å²) in [7, 11) is 0. The summed E-state index contributed by atoms with van der Waals surface area (Å²) in [6, 6.07) is 0.364. The molecule has 0 bridgehead atoms. The van der Waals surface area contributed by atoms with E-state index in [-0.39, 0.29) is 17.0 Å². The fourth-order valence-corrected chi connectivity index (χ4v) is 2.02. The Morgan fingerprint density at radius 1 is 1.39 bits per heavy atom. The number of amides is 1. The van der Waals surface area contributed by atoms with Crippen LogP contribution >= 0.6 is 0 Å². The van der Waals surface area contributed by atoms with Crippen molar-refractivity contribution in [2.75, 3.05) is 6.61 Å². The number of nitrogens with zero attached hydrogens (tertiary/aromatic N) is 2. The van der Waals surface area contributed by atoms with Crippen molar-refractivity contribution in [1.29, 1.82) is 0 Å². The van der Waals surface area contributed by atoms with E-state index in [9.17, 15) is 22.8 Å². The molecule has 2 heterocycles. The summed E-state index contributed by atoms with van der Waals surface area (Å²) in [4.78, 5) is 26.9. The van der Waals surface area contributed by atoms with Crippen LogP contribution in [0.25, 0.3) is 5.65 Å². The molecule has 0 aliphatic heterocycles. The fraction of sp³-hybridized carbons (Fsp3) is 0.308. The Balaban J connectivity index is 2.49. The van der Waals surface area contributed by atoms with E-state index >= 15 is 0 Å². The van der Waals surface area contributed by atoms with Gasteiger partial charge in [-0.2, -0.15) is 13.2 Å². The molecule has 23 heavy (non-hydrogen) atoms. The standard InChI is InChI=1S/C13H12F3N3O4/c1-6-10(11(21)18-8(5-20)12(22)23)19-4-7(13(14,15)16)2-3-9(19)17-6/h2-4,8,20H,5H2,1H3,(H,18,21)(H,22,23). The quantitative estimate of drug-likeness (QED) is 0.770. The van der Waals surface area contributed by atoms with Gasteiger partial charge in [-0.3, -0.25) is 9.20 Å². The Kier molecular flexibility index (Phi) is 4.28. The normalized spacial score (nSPS) is 13.1. The molecule has 0 aliphatic carbocycles. The number of aromatic nitrogens is 2. The molecule has 1 atom stereocenters. The molecule has 0 saturated carbocycles. The number of nitrogens with one attached hydrogen (secondary N) is 1. The van der Waals surface area contributed by atoms with Crippen molar-refractivity contribution in [2.24, 2.45) is 0 Å². The number of aliphatic hydroxyl groups is 1. The fourth-order valence-electron chi connectivity index (χ4n) is 2.02. The van der Waals surface area contributed by atoms with Crippen molar-refractivity contribution >= 4 is 17.5 Å². The van der Waals surface area contributed by atoms with Gasteiger partial charge < -0.3 is 15.5 Å². The van der Waals surface area contributed by atoms with Crippen LogP contribution in [0.5, 0.6) is 0 Å². The molecule has 0 radical (unpaired) electrons. The van der Waals surface area contributed by atoms with Crippen molar-refractivity contribution in [3.8, 4) is 0 Å². The lowest BCUT2D eigenvalue weighted by Gasteiger charge is -2.12. The molecule has 2 aromatic rings. The van der Waals surface area contributed by atoms with Crippen LogP contribution in [-0.4, -0.2) is 44.1 Å². The summed E-state index contributed by atoms with van der Waals surface area (Å²) < 4.78 is 39.3. The number of aryl methyl sites for hydroxylation is 1. The first-order valence-electron chi connectivity index (χ1n) is 6.35. The number of aliphatic carboxylic acids is 1. The Hall–Kier alpha value is -2.62. The lowest BCUT2D eigenvalue weighted by Crippen LogP contribution is -2.43. The number of carbonyl (C=O) groups is 2. The monoisotopic (exact) mass is 331 g/mol. The molecule has 2 rings (SSSR count). The zero-order valence-electron chi connectivity index (χ0n) is 11.8. The third-order valence-corrected chi connectivity index (χ3v) is 3.12. The number of fused-ring (bicyclic) bond motifs is 1. The second-order valence-electron chi connectivity index (χ2n) is 4.74. The van der Waals surface area contributed by atoms with Crippen LogP contribution < -0.4 is 5.32 Å². The van der Waals surface area contributed by atoms with Gasteiger partial charge in [0.15, 0.2) is 6.04 Å². The van der Waals surface area contributed by atoms with Crippen molar-refractivity contribution in [1.82, 2.24) is 14.7 Å². The number of pyridine rings is 1. The van der Waals surface area contributed by atoms with Crippen molar-refractivity contribution < 1.29 is 33.0 Å². The number of aliphatic hydroxyl groups excluding tert-OH is 1. The molecular formula is C13H12F3N3O4. The van der Waals surface area contributed by atoms with Gasteiger partial charge in [-0.05, 0) is 19.1 Å². The summed E-state index contributed by atoms with van der Waals surface area (Å²) in [6.45, 7) is 0.550. The van der Waals surface area contributed by atoms with E-state index in [1.807, 2.05) is 5.32 Å². The van der Waals surface area contributed by atoms with Gasteiger partial charge in [0, 0.05) is 6.20 Å². The summed E-state index contributed by atoms with van der Waals surface area (Å²) in [5.74, 6) is -2.42. The van der Waals surface area contributed by atoms with Gasteiger partial charge in [-0.25, -0.2) is 9.78 Å². The van der Waals surface area contributed by atoms with Gasteiger partial charge in [0.1, 0.15) is 11.3 Å². The molecule has 0 aliphatic rings. The van der Waals surface area contributed by atoms with E-state index in [4.69, 9.17) is 10.2 Å². The third-order valence-electron chi connectivity index (χ3n) is 3.12. The van der Waals surface area contributed by atoms with Crippen LogP contribution in [0.4, 0.5) is 13.2 Å². The Morgan fingerprint density at radius 2 is 2.04 bits per heavy atom. The molecule has 0 fully saturated rings. The van der Waals surface area contributed by atoms with Gasteiger partial charge in [-0.1, -0.05) is 0 Å². The molecule has 124 valence electrons. The summed E-state index contributed by atoms with van der Waals surface area (Å²) in [5.41, 5.74) is -0.973. The van der Waals surface area contributed by atoms with Crippen molar-refractivity contribution in [3.05, 3.63) is 35.3 Å². The SMILES string of the molecule is Cc1nc2ccc(C(F)(F)F)cn2c1C(=O)NC(CO)C(=O)O. The van der Waals surface area contributed by atoms with E-state index in [2.05, 4.69) is 4.98 Å². The lowest BCUT2D eigenvalue weighted by atomic mass is 10.2. The van der Waals surface area contributed by atoms with Crippen LogP contribution in [0, 0.1) is 6.92 Å². The topological polar surface area (TPSA) is 104 Å². The van der Waals surface area contributed by atoms with Gasteiger partial charge in [0.05, 0.1) is 17.9 Å². The first kappa shape index (κ1) is 16.7.